The predicted octanol–water partition coefficient (Wildman–Crippen LogP) is 2.67. The first-order valence-electron chi connectivity index (χ1n) is 6.87. The van der Waals surface area contributed by atoms with Gasteiger partial charge in [-0.1, -0.05) is 11.2 Å². The first-order chi connectivity index (χ1) is 11.3. The van der Waals surface area contributed by atoms with Crippen molar-refractivity contribution in [1.82, 2.24) is 19.7 Å². The number of alkyl halides is 3. The Morgan fingerprint density at radius 2 is 2.08 bits per heavy atom. The fourth-order valence-corrected chi connectivity index (χ4v) is 2.10. The number of pyridine rings is 2. The van der Waals surface area contributed by atoms with Crippen LogP contribution in [0.2, 0.25) is 0 Å². The lowest BCUT2D eigenvalue weighted by atomic mass is 10.2. The van der Waals surface area contributed by atoms with E-state index < -0.39 is 17.6 Å². The van der Waals surface area contributed by atoms with Crippen LogP contribution in [0.3, 0.4) is 0 Å². The highest BCUT2D eigenvalue weighted by Gasteiger charge is 2.38. The van der Waals surface area contributed by atoms with E-state index >= 15 is 0 Å². The smallest absolute Gasteiger partial charge is 0.329 e. The maximum atomic E-state index is 12.5. The van der Waals surface area contributed by atoms with Crippen molar-refractivity contribution in [2.75, 3.05) is 0 Å². The van der Waals surface area contributed by atoms with Gasteiger partial charge in [-0.15, -0.1) is 0 Å². The number of aryl methyl sites for hydroxylation is 1. The molecule has 0 fully saturated rings. The number of halogens is 3. The fraction of sp³-hybridized carbons (Fsp3) is 0.200. The quantitative estimate of drug-likeness (QED) is 0.735. The SMILES string of the molecule is Cc1ncccc1Cn1ccc(-c2noc(C(F)(F)F)n2)cc1=O. The van der Waals surface area contributed by atoms with Crippen molar-refractivity contribution in [3.63, 3.8) is 0 Å². The summed E-state index contributed by atoms with van der Waals surface area (Å²) in [6.45, 7) is 2.13. The molecule has 0 saturated carbocycles. The van der Waals surface area contributed by atoms with Crippen molar-refractivity contribution in [2.24, 2.45) is 0 Å². The number of nitrogens with zero attached hydrogens (tertiary/aromatic N) is 4. The molecule has 124 valence electrons. The molecule has 6 nitrogen and oxygen atoms in total. The summed E-state index contributed by atoms with van der Waals surface area (Å²) in [4.78, 5) is 19.6. The maximum Gasteiger partial charge on any atom is 0.471 e. The molecular formula is C15H11F3N4O2. The Labute approximate surface area is 133 Å². The van der Waals surface area contributed by atoms with Gasteiger partial charge >= 0.3 is 12.1 Å². The minimum absolute atomic E-state index is 0.151. The van der Waals surface area contributed by atoms with Crippen LogP contribution in [0.4, 0.5) is 13.2 Å². The van der Waals surface area contributed by atoms with Gasteiger partial charge in [0.15, 0.2) is 0 Å². The van der Waals surface area contributed by atoms with Crippen molar-refractivity contribution in [1.29, 1.82) is 0 Å². The zero-order chi connectivity index (χ0) is 17.3. The van der Waals surface area contributed by atoms with Gasteiger partial charge in [0.1, 0.15) is 0 Å². The summed E-state index contributed by atoms with van der Waals surface area (Å²) in [6, 6.07) is 6.23. The largest absolute Gasteiger partial charge is 0.471 e. The lowest BCUT2D eigenvalue weighted by Crippen LogP contribution is -2.19. The number of aromatic nitrogens is 4. The number of hydrogen-bond acceptors (Lipinski definition) is 5. The molecule has 0 atom stereocenters. The Hall–Kier alpha value is -2.97. The fourth-order valence-electron chi connectivity index (χ4n) is 2.10. The molecule has 0 aliphatic heterocycles. The highest BCUT2D eigenvalue weighted by atomic mass is 19.4. The molecule has 3 rings (SSSR count). The van der Waals surface area contributed by atoms with Gasteiger partial charge in [-0.25, -0.2) is 0 Å². The van der Waals surface area contributed by atoms with Crippen LogP contribution in [-0.2, 0) is 12.7 Å². The van der Waals surface area contributed by atoms with Crippen LogP contribution < -0.4 is 5.56 Å². The van der Waals surface area contributed by atoms with Crippen LogP contribution in [-0.4, -0.2) is 19.7 Å². The van der Waals surface area contributed by atoms with Crippen molar-refractivity contribution >= 4 is 0 Å². The van der Waals surface area contributed by atoms with E-state index in [1.807, 2.05) is 13.0 Å². The van der Waals surface area contributed by atoms with Crippen LogP contribution in [0, 0.1) is 6.92 Å². The number of hydrogen-bond donors (Lipinski definition) is 0. The van der Waals surface area contributed by atoms with E-state index in [0.29, 0.717) is 6.54 Å². The summed E-state index contributed by atoms with van der Waals surface area (Å²) < 4.78 is 43.0. The average Bonchev–Trinajstić information content (AvgIpc) is 3.01. The molecule has 0 aliphatic carbocycles. The number of rotatable bonds is 3. The van der Waals surface area contributed by atoms with Crippen LogP contribution in [0.25, 0.3) is 11.4 Å². The van der Waals surface area contributed by atoms with Gasteiger partial charge in [0.2, 0.25) is 5.82 Å². The summed E-state index contributed by atoms with van der Waals surface area (Å²) in [7, 11) is 0. The first kappa shape index (κ1) is 15.9. The van der Waals surface area contributed by atoms with Crippen LogP contribution in [0.1, 0.15) is 17.1 Å². The zero-order valence-electron chi connectivity index (χ0n) is 12.4. The molecule has 9 heteroatoms. The molecule has 0 aromatic carbocycles. The first-order valence-corrected chi connectivity index (χ1v) is 6.87. The minimum Gasteiger partial charge on any atom is -0.329 e. The average molecular weight is 336 g/mol. The third-order valence-electron chi connectivity index (χ3n) is 3.38. The van der Waals surface area contributed by atoms with E-state index in [1.54, 1.807) is 12.3 Å². The van der Waals surface area contributed by atoms with Gasteiger partial charge in [-0.05, 0) is 24.6 Å². The molecule has 0 aliphatic rings. The summed E-state index contributed by atoms with van der Waals surface area (Å²) in [5, 5.41) is 3.26. The second-order valence-electron chi connectivity index (χ2n) is 5.05. The van der Waals surface area contributed by atoms with Gasteiger partial charge in [0, 0.05) is 29.7 Å². The standard InChI is InChI=1S/C15H11F3N4O2/c1-9-11(3-2-5-19-9)8-22-6-4-10(7-12(22)23)13-20-14(24-21-13)15(16,17)18/h2-7H,8H2,1H3. The summed E-state index contributed by atoms with van der Waals surface area (Å²) >= 11 is 0. The third kappa shape index (κ3) is 3.19. The van der Waals surface area contributed by atoms with Crippen molar-refractivity contribution in [3.8, 4) is 11.4 Å². The van der Waals surface area contributed by atoms with E-state index in [2.05, 4.69) is 19.6 Å². The van der Waals surface area contributed by atoms with Crippen molar-refractivity contribution in [2.45, 2.75) is 19.6 Å². The molecule has 0 spiro atoms. The van der Waals surface area contributed by atoms with Crippen molar-refractivity contribution in [3.05, 3.63) is 64.2 Å². The Kier molecular flexibility index (Phi) is 3.92. The maximum absolute atomic E-state index is 12.5. The topological polar surface area (TPSA) is 73.8 Å². The second-order valence-corrected chi connectivity index (χ2v) is 5.05. The Balaban J connectivity index is 1.89. The van der Waals surface area contributed by atoms with Gasteiger partial charge in [-0.3, -0.25) is 9.78 Å². The Bertz CT molecular complexity index is 931. The normalized spacial score (nSPS) is 11.7. The second kappa shape index (κ2) is 5.91. The summed E-state index contributed by atoms with van der Waals surface area (Å²) in [5.41, 5.74) is 1.42. The predicted molar refractivity (Wildman–Crippen MR) is 77.1 cm³/mol. The molecular weight excluding hydrogens is 325 g/mol. The molecule has 0 radical (unpaired) electrons. The molecule has 0 amide bonds. The highest BCUT2D eigenvalue weighted by Crippen LogP contribution is 2.29. The summed E-state index contributed by atoms with van der Waals surface area (Å²) in [5.74, 6) is -1.74. The molecule has 24 heavy (non-hydrogen) atoms. The van der Waals surface area contributed by atoms with Crippen LogP contribution >= 0.6 is 0 Å². The Morgan fingerprint density at radius 1 is 1.29 bits per heavy atom. The molecule has 3 aromatic heterocycles. The van der Waals surface area contributed by atoms with Crippen LogP contribution in [0.5, 0.6) is 0 Å². The van der Waals surface area contributed by atoms with Gasteiger partial charge < -0.3 is 9.09 Å². The zero-order valence-corrected chi connectivity index (χ0v) is 12.4. The molecule has 0 bridgehead atoms. The molecule has 0 unspecified atom stereocenters. The highest BCUT2D eigenvalue weighted by molar-refractivity contribution is 5.52. The van der Waals surface area contributed by atoms with Crippen LogP contribution in [0.15, 0.2) is 46.0 Å². The van der Waals surface area contributed by atoms with E-state index in [-0.39, 0.29) is 11.4 Å². The van der Waals surface area contributed by atoms with Gasteiger partial charge in [0.05, 0.1) is 6.54 Å². The lowest BCUT2D eigenvalue weighted by molar-refractivity contribution is -0.159. The lowest BCUT2D eigenvalue weighted by Gasteiger charge is -2.08. The van der Waals surface area contributed by atoms with E-state index in [1.165, 1.54) is 16.8 Å². The minimum atomic E-state index is -4.72. The molecule has 3 aromatic rings. The Morgan fingerprint density at radius 3 is 2.71 bits per heavy atom. The molecule has 0 saturated heterocycles. The third-order valence-corrected chi connectivity index (χ3v) is 3.38. The summed E-state index contributed by atoms with van der Waals surface area (Å²) in [6.07, 6.45) is -1.61. The molecule has 0 N–H and O–H groups in total. The molecule has 3 heterocycles. The van der Waals surface area contributed by atoms with Gasteiger partial charge in [-0.2, -0.15) is 18.2 Å². The van der Waals surface area contributed by atoms with Gasteiger partial charge in [0.25, 0.3) is 5.56 Å². The van der Waals surface area contributed by atoms with E-state index in [9.17, 15) is 18.0 Å². The van der Waals surface area contributed by atoms with E-state index in [4.69, 9.17) is 0 Å². The van der Waals surface area contributed by atoms with E-state index in [0.717, 1.165) is 17.3 Å². The monoisotopic (exact) mass is 336 g/mol. The van der Waals surface area contributed by atoms with Crippen molar-refractivity contribution < 1.29 is 17.7 Å².